The van der Waals surface area contributed by atoms with E-state index < -0.39 is 47.7 Å². The Labute approximate surface area is 151 Å². The summed E-state index contributed by atoms with van der Waals surface area (Å²) in [6, 6.07) is 7.80. The molecule has 2 aromatic carbocycles. The number of halogens is 4. The van der Waals surface area contributed by atoms with Gasteiger partial charge in [-0.2, -0.15) is 0 Å². The second-order valence-corrected chi connectivity index (χ2v) is 5.53. The highest BCUT2D eigenvalue weighted by atomic mass is 35.5. The van der Waals surface area contributed by atoms with Crippen LogP contribution in [0, 0.1) is 17.5 Å². The predicted molar refractivity (Wildman–Crippen MR) is 87.4 cm³/mol. The Morgan fingerprint density at radius 1 is 1.15 bits per heavy atom. The van der Waals surface area contributed by atoms with Gasteiger partial charge < -0.3 is 14.8 Å². The molecule has 1 amide bonds. The molecule has 0 heterocycles. The molecule has 0 aliphatic carbocycles. The van der Waals surface area contributed by atoms with Crippen molar-refractivity contribution >= 4 is 29.2 Å². The van der Waals surface area contributed by atoms with Gasteiger partial charge in [0.25, 0.3) is 5.91 Å². The maximum atomic E-state index is 13.5. The molecule has 5 nitrogen and oxygen atoms in total. The molecule has 1 N–H and O–H groups in total. The van der Waals surface area contributed by atoms with Gasteiger partial charge in [-0.05, 0) is 37.3 Å². The third-order valence-corrected chi connectivity index (χ3v) is 3.36. The largest absolute Gasteiger partial charge is 0.482 e. The number of esters is 1. The summed E-state index contributed by atoms with van der Waals surface area (Å²) in [7, 11) is 0. The van der Waals surface area contributed by atoms with E-state index in [2.05, 4.69) is 0 Å². The molecule has 0 aromatic heterocycles. The zero-order chi connectivity index (χ0) is 19.3. The van der Waals surface area contributed by atoms with Crippen molar-refractivity contribution in [2.24, 2.45) is 0 Å². The smallest absolute Gasteiger partial charge is 0.344 e. The third kappa shape index (κ3) is 5.13. The first-order valence-electron chi connectivity index (χ1n) is 7.30. The minimum atomic E-state index is -1.72. The summed E-state index contributed by atoms with van der Waals surface area (Å²) in [5.41, 5.74) is -0.577. The van der Waals surface area contributed by atoms with Crippen molar-refractivity contribution in [3.05, 3.63) is 58.9 Å². The molecule has 1 atom stereocenters. The third-order valence-electron chi connectivity index (χ3n) is 3.12. The van der Waals surface area contributed by atoms with Crippen LogP contribution < -0.4 is 10.1 Å². The van der Waals surface area contributed by atoms with Gasteiger partial charge in [-0.3, -0.25) is 4.79 Å². The lowest BCUT2D eigenvalue weighted by Crippen LogP contribution is -2.32. The topological polar surface area (TPSA) is 64.6 Å². The van der Waals surface area contributed by atoms with Crippen LogP contribution in [0.1, 0.15) is 6.92 Å². The summed E-state index contributed by atoms with van der Waals surface area (Å²) < 4.78 is 49.5. The molecule has 0 bridgehead atoms. The predicted octanol–water partition coefficient (Wildman–Crippen LogP) is 3.71. The number of hydrogen-bond donors (Lipinski definition) is 1. The molecule has 0 spiro atoms. The first-order valence-corrected chi connectivity index (χ1v) is 7.68. The highest BCUT2D eigenvalue weighted by Gasteiger charge is 2.21. The number of carbonyl (C=O) groups excluding carboxylic acids is 2. The lowest BCUT2D eigenvalue weighted by Gasteiger charge is -2.14. The van der Waals surface area contributed by atoms with E-state index in [0.717, 1.165) is 6.07 Å². The number of anilines is 1. The van der Waals surface area contributed by atoms with Gasteiger partial charge in [0.2, 0.25) is 0 Å². The van der Waals surface area contributed by atoms with Crippen molar-refractivity contribution in [1.82, 2.24) is 0 Å². The van der Waals surface area contributed by atoms with E-state index in [9.17, 15) is 22.8 Å². The molecule has 2 rings (SSSR count). The second-order valence-electron chi connectivity index (χ2n) is 5.09. The summed E-state index contributed by atoms with van der Waals surface area (Å²) in [5, 5.41) is 2.42. The van der Waals surface area contributed by atoms with Crippen LogP contribution in [-0.4, -0.2) is 24.6 Å². The molecule has 0 aliphatic heterocycles. The average Bonchev–Trinajstić information content (AvgIpc) is 2.60. The van der Waals surface area contributed by atoms with E-state index >= 15 is 0 Å². The fraction of sp³-hybridized carbons (Fsp3) is 0.176. The Kier molecular flexibility index (Phi) is 6.46. The highest BCUT2D eigenvalue weighted by Crippen LogP contribution is 2.20. The number of ether oxygens (including phenoxy) is 2. The van der Waals surface area contributed by atoms with E-state index in [-0.39, 0.29) is 0 Å². The maximum Gasteiger partial charge on any atom is 0.344 e. The van der Waals surface area contributed by atoms with Crippen molar-refractivity contribution < 1.29 is 32.2 Å². The number of benzene rings is 2. The van der Waals surface area contributed by atoms with Gasteiger partial charge in [-0.25, -0.2) is 18.0 Å². The van der Waals surface area contributed by atoms with Crippen molar-refractivity contribution in [3.63, 3.8) is 0 Å². The molecular formula is C17H13ClF3NO4. The van der Waals surface area contributed by atoms with E-state index in [1.54, 1.807) is 18.2 Å². The van der Waals surface area contributed by atoms with Crippen molar-refractivity contribution in [2.75, 3.05) is 11.9 Å². The van der Waals surface area contributed by atoms with Crippen LogP contribution in [0.2, 0.25) is 5.02 Å². The Hall–Kier alpha value is -2.74. The Bertz CT molecular complexity index is 832. The fourth-order valence-electron chi connectivity index (χ4n) is 1.84. The molecule has 0 unspecified atom stereocenters. The number of amides is 1. The zero-order valence-electron chi connectivity index (χ0n) is 13.4. The fourth-order valence-corrected chi connectivity index (χ4v) is 2.02. The molecule has 0 aliphatic rings. The van der Waals surface area contributed by atoms with Gasteiger partial charge in [0.05, 0.1) is 5.69 Å². The van der Waals surface area contributed by atoms with Crippen LogP contribution in [0.5, 0.6) is 5.75 Å². The van der Waals surface area contributed by atoms with Crippen LogP contribution in [0.3, 0.4) is 0 Å². The zero-order valence-corrected chi connectivity index (χ0v) is 14.1. The Balaban J connectivity index is 1.88. The van der Waals surface area contributed by atoms with Crippen LogP contribution in [0.4, 0.5) is 18.9 Å². The maximum absolute atomic E-state index is 13.5. The summed E-state index contributed by atoms with van der Waals surface area (Å²) in [5.74, 6) is -6.12. The molecule has 0 radical (unpaired) electrons. The second kappa shape index (κ2) is 8.57. The SMILES string of the molecule is C[C@H](OC(=O)COc1cccc(Cl)c1)C(=O)Nc1ccc(F)c(F)c1F. The standard InChI is InChI=1S/C17H13ClF3NO4/c1-9(17(24)22-13-6-5-12(19)15(20)16(13)21)26-14(23)8-25-11-4-2-3-10(18)7-11/h2-7,9H,8H2,1H3,(H,22,24)/t9-/m0/s1. The van der Waals surface area contributed by atoms with E-state index in [0.29, 0.717) is 16.8 Å². The minimum absolute atomic E-state index is 0.329. The van der Waals surface area contributed by atoms with Crippen molar-refractivity contribution in [3.8, 4) is 5.75 Å². The van der Waals surface area contributed by atoms with Crippen molar-refractivity contribution in [1.29, 1.82) is 0 Å². The molecule has 0 saturated heterocycles. The number of carbonyl (C=O) groups is 2. The van der Waals surface area contributed by atoms with Crippen LogP contribution in [0.25, 0.3) is 0 Å². The number of nitrogens with one attached hydrogen (secondary N) is 1. The normalized spacial score (nSPS) is 11.6. The molecular weight excluding hydrogens is 375 g/mol. The van der Waals surface area contributed by atoms with E-state index in [1.165, 1.54) is 13.0 Å². The van der Waals surface area contributed by atoms with Gasteiger partial charge in [0.1, 0.15) is 5.75 Å². The summed E-state index contributed by atoms with van der Waals surface area (Å²) in [6.07, 6.45) is -1.32. The van der Waals surface area contributed by atoms with Crippen molar-refractivity contribution in [2.45, 2.75) is 13.0 Å². The average molecular weight is 388 g/mol. The molecule has 9 heteroatoms. The first-order chi connectivity index (χ1) is 12.3. The van der Waals surface area contributed by atoms with E-state index in [1.807, 2.05) is 5.32 Å². The molecule has 0 saturated carbocycles. The van der Waals surface area contributed by atoms with Gasteiger partial charge in [-0.15, -0.1) is 0 Å². The molecule has 26 heavy (non-hydrogen) atoms. The van der Waals surface area contributed by atoms with E-state index in [4.69, 9.17) is 21.1 Å². The lowest BCUT2D eigenvalue weighted by molar-refractivity contribution is -0.155. The quantitative estimate of drug-likeness (QED) is 0.606. The van der Waals surface area contributed by atoms with Gasteiger partial charge in [0, 0.05) is 5.02 Å². The monoisotopic (exact) mass is 387 g/mol. The van der Waals surface area contributed by atoms with Crippen LogP contribution in [0.15, 0.2) is 36.4 Å². The van der Waals surface area contributed by atoms with Crippen LogP contribution in [-0.2, 0) is 14.3 Å². The minimum Gasteiger partial charge on any atom is -0.482 e. The summed E-state index contributed by atoms with van der Waals surface area (Å²) in [4.78, 5) is 23.6. The van der Waals surface area contributed by atoms with Gasteiger partial charge >= 0.3 is 5.97 Å². The lowest BCUT2D eigenvalue weighted by atomic mass is 10.2. The van der Waals surface area contributed by atoms with Gasteiger partial charge in [0.15, 0.2) is 30.2 Å². The number of rotatable bonds is 6. The first kappa shape index (κ1) is 19.6. The molecule has 138 valence electrons. The molecule has 0 fully saturated rings. The van der Waals surface area contributed by atoms with Crippen LogP contribution >= 0.6 is 11.6 Å². The summed E-state index contributed by atoms with van der Waals surface area (Å²) in [6.45, 7) is 0.738. The number of hydrogen-bond acceptors (Lipinski definition) is 4. The summed E-state index contributed by atoms with van der Waals surface area (Å²) >= 11 is 5.77. The molecule has 2 aromatic rings. The Morgan fingerprint density at radius 2 is 1.88 bits per heavy atom. The van der Waals surface area contributed by atoms with Gasteiger partial charge in [-0.1, -0.05) is 17.7 Å². The highest BCUT2D eigenvalue weighted by molar-refractivity contribution is 6.30. The Morgan fingerprint density at radius 3 is 2.58 bits per heavy atom.